The third kappa shape index (κ3) is 5.19. The zero-order valence-corrected chi connectivity index (χ0v) is 16.5. The Morgan fingerprint density at radius 3 is 2.14 bits per heavy atom. The molecule has 29 heavy (non-hydrogen) atoms. The molecule has 0 aliphatic carbocycles. The molecule has 0 atom stereocenters. The van der Waals surface area contributed by atoms with Gasteiger partial charge in [0.2, 0.25) is 0 Å². The van der Waals surface area contributed by atoms with Crippen molar-refractivity contribution in [3.05, 3.63) is 72.3 Å². The normalized spacial score (nSPS) is 11.1. The second-order valence-electron chi connectivity index (χ2n) is 6.74. The maximum absolute atomic E-state index is 9.24. The molecule has 0 aliphatic heterocycles. The van der Waals surface area contributed by atoms with Gasteiger partial charge in [-0.25, -0.2) is 0 Å². The van der Waals surface area contributed by atoms with Crippen LogP contribution in [0.5, 0.6) is 0 Å². The van der Waals surface area contributed by atoms with E-state index in [1.54, 1.807) is 0 Å². The van der Waals surface area contributed by atoms with E-state index in [4.69, 9.17) is 5.73 Å². The van der Waals surface area contributed by atoms with Crippen molar-refractivity contribution in [2.24, 2.45) is 10.2 Å². The number of benzene rings is 3. The Balaban J connectivity index is 1.92. The fourth-order valence-electron chi connectivity index (χ4n) is 3.12. The molecule has 0 aromatic heterocycles. The van der Waals surface area contributed by atoms with E-state index < -0.39 is 0 Å². The van der Waals surface area contributed by atoms with Gasteiger partial charge in [0.1, 0.15) is 0 Å². The van der Waals surface area contributed by atoms with Gasteiger partial charge in [0.05, 0.1) is 24.6 Å². The summed E-state index contributed by atoms with van der Waals surface area (Å²) >= 11 is 0. The van der Waals surface area contributed by atoms with Crippen LogP contribution in [0.4, 0.5) is 22.7 Å². The van der Waals surface area contributed by atoms with Crippen molar-refractivity contribution in [2.75, 3.05) is 36.9 Å². The molecule has 150 valence electrons. The number of nitrogens with two attached hydrogens (primary N) is 1. The minimum Gasteiger partial charge on any atom is -0.399 e. The Kier molecular flexibility index (Phi) is 6.94. The number of anilines is 2. The highest BCUT2D eigenvalue weighted by molar-refractivity contribution is 5.79. The summed E-state index contributed by atoms with van der Waals surface area (Å²) in [5.74, 6) is 0. The molecule has 3 aromatic carbocycles. The number of azo groups is 1. The molecule has 3 aromatic rings. The Hall–Kier alpha value is -3.22. The van der Waals surface area contributed by atoms with Crippen LogP contribution >= 0.6 is 0 Å². The van der Waals surface area contributed by atoms with Crippen LogP contribution in [-0.4, -0.2) is 36.5 Å². The molecule has 0 radical (unpaired) electrons. The first-order valence-electron chi connectivity index (χ1n) is 9.56. The summed E-state index contributed by atoms with van der Waals surface area (Å²) in [6, 6.07) is 21.3. The monoisotopic (exact) mass is 390 g/mol. The van der Waals surface area contributed by atoms with E-state index in [1.165, 1.54) is 0 Å². The molecule has 0 spiro atoms. The van der Waals surface area contributed by atoms with E-state index in [-0.39, 0.29) is 13.2 Å². The fourth-order valence-corrected chi connectivity index (χ4v) is 3.12. The van der Waals surface area contributed by atoms with Gasteiger partial charge in [-0.1, -0.05) is 30.3 Å². The van der Waals surface area contributed by atoms with Gasteiger partial charge in [-0.05, 0) is 54.4 Å². The summed E-state index contributed by atoms with van der Waals surface area (Å²) in [5.41, 5.74) is 12.1. The molecule has 4 N–H and O–H groups in total. The third-order valence-corrected chi connectivity index (χ3v) is 4.68. The summed E-state index contributed by atoms with van der Waals surface area (Å²) in [7, 11) is 0. The molecule has 0 aliphatic rings. The number of hydrogen-bond acceptors (Lipinski definition) is 6. The predicted molar refractivity (Wildman–Crippen MR) is 118 cm³/mol. The van der Waals surface area contributed by atoms with Gasteiger partial charge in [0, 0.05) is 30.0 Å². The average molecular weight is 390 g/mol. The molecule has 6 nitrogen and oxygen atoms in total. The second kappa shape index (κ2) is 9.82. The number of aliphatic hydroxyl groups is 2. The lowest BCUT2D eigenvalue weighted by atomic mass is 10.0. The van der Waals surface area contributed by atoms with E-state index in [0.717, 1.165) is 33.8 Å². The lowest BCUT2D eigenvalue weighted by Crippen LogP contribution is -2.29. The van der Waals surface area contributed by atoms with Crippen LogP contribution in [0.25, 0.3) is 11.1 Å². The van der Waals surface area contributed by atoms with Crippen molar-refractivity contribution in [1.82, 2.24) is 0 Å². The van der Waals surface area contributed by atoms with Gasteiger partial charge >= 0.3 is 0 Å². The van der Waals surface area contributed by atoms with Gasteiger partial charge in [0.25, 0.3) is 0 Å². The molecule has 3 rings (SSSR count). The van der Waals surface area contributed by atoms with Crippen molar-refractivity contribution in [3.8, 4) is 11.1 Å². The predicted octanol–water partition coefficient (Wildman–Crippen LogP) is 4.45. The first kappa shape index (κ1) is 20.5. The van der Waals surface area contributed by atoms with Gasteiger partial charge in [-0.15, -0.1) is 5.11 Å². The Labute approximate surface area is 171 Å². The first-order chi connectivity index (χ1) is 14.1. The van der Waals surface area contributed by atoms with Gasteiger partial charge < -0.3 is 20.8 Å². The highest BCUT2D eigenvalue weighted by atomic mass is 16.3. The Morgan fingerprint density at radius 2 is 1.48 bits per heavy atom. The molecule has 0 heterocycles. The van der Waals surface area contributed by atoms with Gasteiger partial charge in [0.15, 0.2) is 0 Å². The molecule has 0 fully saturated rings. The molecule has 0 unspecified atom stereocenters. The van der Waals surface area contributed by atoms with Crippen molar-refractivity contribution in [1.29, 1.82) is 0 Å². The first-order valence-corrected chi connectivity index (χ1v) is 9.56. The lowest BCUT2D eigenvalue weighted by Gasteiger charge is -2.23. The standard InChI is InChI=1S/C23H26N4O2/c1-17-4-2-3-5-22(17)25-26-23-11-8-19(24)16-21(23)18-6-9-20(10-7-18)27(12-14-28)13-15-29/h2-11,16,28-29H,12-15,24H2,1H3. The number of hydrogen-bond donors (Lipinski definition) is 3. The van der Waals surface area contributed by atoms with Crippen molar-refractivity contribution < 1.29 is 10.2 Å². The molecular weight excluding hydrogens is 364 g/mol. The number of nitrogens with zero attached hydrogens (tertiary/aromatic N) is 3. The van der Waals surface area contributed by atoms with Crippen LogP contribution < -0.4 is 10.6 Å². The molecule has 0 amide bonds. The van der Waals surface area contributed by atoms with Crippen LogP contribution in [0.15, 0.2) is 77.0 Å². The zero-order valence-electron chi connectivity index (χ0n) is 16.5. The van der Waals surface area contributed by atoms with E-state index in [0.29, 0.717) is 18.8 Å². The van der Waals surface area contributed by atoms with E-state index in [2.05, 4.69) is 10.2 Å². The number of aliphatic hydroxyl groups excluding tert-OH is 2. The molecular formula is C23H26N4O2. The number of rotatable bonds is 8. The number of nitrogen functional groups attached to an aromatic ring is 1. The number of aryl methyl sites for hydroxylation is 1. The quantitative estimate of drug-likeness (QED) is 0.391. The van der Waals surface area contributed by atoms with Crippen LogP contribution in [0, 0.1) is 6.92 Å². The van der Waals surface area contributed by atoms with E-state index in [1.807, 2.05) is 78.6 Å². The van der Waals surface area contributed by atoms with Crippen LogP contribution in [0.1, 0.15) is 5.56 Å². The maximum atomic E-state index is 9.24. The largest absolute Gasteiger partial charge is 0.399 e. The maximum Gasteiger partial charge on any atom is 0.0936 e. The third-order valence-electron chi connectivity index (χ3n) is 4.68. The molecule has 0 saturated carbocycles. The van der Waals surface area contributed by atoms with Crippen molar-refractivity contribution in [2.45, 2.75) is 6.92 Å². The Morgan fingerprint density at radius 1 is 0.828 bits per heavy atom. The molecule has 0 saturated heterocycles. The smallest absolute Gasteiger partial charge is 0.0936 e. The minimum absolute atomic E-state index is 0.0282. The van der Waals surface area contributed by atoms with Gasteiger partial charge in [-0.3, -0.25) is 0 Å². The van der Waals surface area contributed by atoms with E-state index >= 15 is 0 Å². The Bertz CT molecular complexity index is 965. The van der Waals surface area contributed by atoms with Crippen LogP contribution in [-0.2, 0) is 0 Å². The topological polar surface area (TPSA) is 94.4 Å². The minimum atomic E-state index is 0.0282. The fraction of sp³-hybridized carbons (Fsp3) is 0.217. The second-order valence-corrected chi connectivity index (χ2v) is 6.74. The average Bonchev–Trinajstić information content (AvgIpc) is 2.74. The summed E-state index contributed by atoms with van der Waals surface area (Å²) in [6.07, 6.45) is 0. The zero-order chi connectivity index (χ0) is 20.6. The summed E-state index contributed by atoms with van der Waals surface area (Å²) in [4.78, 5) is 1.93. The van der Waals surface area contributed by atoms with Gasteiger partial charge in [-0.2, -0.15) is 5.11 Å². The van der Waals surface area contributed by atoms with E-state index in [9.17, 15) is 10.2 Å². The summed E-state index contributed by atoms with van der Waals surface area (Å²) < 4.78 is 0. The van der Waals surface area contributed by atoms with Crippen molar-refractivity contribution >= 4 is 22.7 Å². The SMILES string of the molecule is Cc1ccccc1N=Nc1ccc(N)cc1-c1ccc(N(CCO)CCO)cc1. The van der Waals surface area contributed by atoms with Crippen LogP contribution in [0.3, 0.4) is 0 Å². The lowest BCUT2D eigenvalue weighted by molar-refractivity contribution is 0.281. The van der Waals surface area contributed by atoms with Crippen LogP contribution in [0.2, 0.25) is 0 Å². The van der Waals surface area contributed by atoms with Crippen molar-refractivity contribution in [3.63, 3.8) is 0 Å². The molecule has 0 bridgehead atoms. The highest BCUT2D eigenvalue weighted by Crippen LogP contribution is 2.34. The highest BCUT2D eigenvalue weighted by Gasteiger charge is 2.09. The summed E-state index contributed by atoms with van der Waals surface area (Å²) in [5, 5.41) is 27.3. The summed E-state index contributed by atoms with van der Waals surface area (Å²) in [6.45, 7) is 2.99. The molecule has 6 heteroatoms.